The highest BCUT2D eigenvalue weighted by atomic mass is 16.4. The average molecular weight is 846 g/mol. The van der Waals surface area contributed by atoms with Crippen LogP contribution < -0.4 is 49.1 Å². The molecule has 0 radical (unpaired) electrons. The molecule has 1 heterocycles. The first-order valence-corrected chi connectivity index (χ1v) is 19.2. The quantitative estimate of drug-likeness (QED) is 0.0244. The number of aliphatic carboxylic acids is 1. The normalized spacial score (nSPS) is 18.5. The molecule has 336 valence electrons. The number of amides is 7. The topological polar surface area (TPSA) is 404 Å². The van der Waals surface area contributed by atoms with Gasteiger partial charge in [-0.2, -0.15) is 0 Å². The molecular weight excluding hydrogens is 782 g/mol. The first-order valence-electron chi connectivity index (χ1n) is 19.2. The summed E-state index contributed by atoms with van der Waals surface area (Å²) in [7, 11) is 0. The maximum atomic E-state index is 13.6. The second-order valence-corrected chi connectivity index (χ2v) is 15.0. The fourth-order valence-corrected chi connectivity index (χ4v) is 5.82. The van der Waals surface area contributed by atoms with Crippen LogP contribution in [0.3, 0.4) is 0 Å². The van der Waals surface area contributed by atoms with E-state index < -0.39 is 127 Å². The number of hydrogen-bond acceptors (Lipinski definition) is 14. The van der Waals surface area contributed by atoms with Crippen LogP contribution >= 0.6 is 0 Å². The number of nitrogens with zero attached hydrogens (tertiary/aromatic N) is 2. The largest absolute Gasteiger partial charge is 0.480 e. The maximum Gasteiger partial charge on any atom is 0.328 e. The van der Waals surface area contributed by atoms with E-state index in [9.17, 15) is 63.9 Å². The Morgan fingerprint density at radius 2 is 1.15 bits per heavy atom. The average Bonchev–Trinajstić information content (AvgIpc) is 3.65. The summed E-state index contributed by atoms with van der Waals surface area (Å²) in [4.78, 5) is 109. The summed E-state index contributed by atoms with van der Waals surface area (Å²) < 4.78 is 0. The van der Waals surface area contributed by atoms with E-state index in [0.29, 0.717) is 12.8 Å². The summed E-state index contributed by atoms with van der Waals surface area (Å²) in [6.07, 6.45) is -2.28. The summed E-state index contributed by atoms with van der Waals surface area (Å²) in [5.41, 5.74) is 16.8. The van der Waals surface area contributed by atoms with Gasteiger partial charge in [0.1, 0.15) is 36.3 Å². The first kappa shape index (κ1) is 51.8. The van der Waals surface area contributed by atoms with Gasteiger partial charge in [0.05, 0.1) is 31.5 Å². The molecule has 0 unspecified atom stereocenters. The SMILES string of the molecule is CC(C)[C@H](N)C(=O)N1CCC[C@H]1C(=O)N[C@@H](CCCN=C(N)N)C(=O)N[C@@H](CO)C(=O)N[C@H](C(=O)N[C@@H](CO)C(=O)N[C@H](C(=O)N[C@H](C(=O)O)[C@@H](C)O)C(C)C)[C@@H](C)O. The highest BCUT2D eigenvalue weighted by Gasteiger charge is 2.39. The fraction of sp³-hybridized carbons (Fsp3) is 0.743. The Balaban J connectivity index is 3.16. The molecule has 59 heavy (non-hydrogen) atoms. The Morgan fingerprint density at radius 3 is 1.61 bits per heavy atom. The third-order valence-corrected chi connectivity index (χ3v) is 9.41. The maximum absolute atomic E-state index is 13.6. The third kappa shape index (κ3) is 16.2. The van der Waals surface area contributed by atoms with Gasteiger partial charge in [0.15, 0.2) is 12.0 Å². The minimum absolute atomic E-state index is 0.0563. The molecule has 0 aromatic rings. The number of aliphatic hydroxyl groups is 4. The molecule has 0 aromatic heterocycles. The summed E-state index contributed by atoms with van der Waals surface area (Å²) in [6.45, 7) is 7.00. The van der Waals surface area contributed by atoms with Crippen molar-refractivity contribution in [2.75, 3.05) is 26.3 Å². The number of aliphatic hydroxyl groups excluding tert-OH is 4. The predicted molar refractivity (Wildman–Crippen MR) is 209 cm³/mol. The molecule has 7 amide bonds. The Bertz CT molecular complexity index is 1510. The van der Waals surface area contributed by atoms with E-state index in [-0.39, 0.29) is 37.8 Å². The van der Waals surface area contributed by atoms with E-state index in [4.69, 9.17) is 17.2 Å². The Morgan fingerprint density at radius 1 is 0.678 bits per heavy atom. The third-order valence-electron chi connectivity index (χ3n) is 9.41. The van der Waals surface area contributed by atoms with Crippen molar-refractivity contribution in [1.82, 2.24) is 36.8 Å². The van der Waals surface area contributed by atoms with Gasteiger partial charge in [-0.3, -0.25) is 38.6 Å². The fourth-order valence-electron chi connectivity index (χ4n) is 5.82. The molecule has 1 fully saturated rings. The smallest absolute Gasteiger partial charge is 0.328 e. The zero-order chi connectivity index (χ0) is 45.3. The van der Waals surface area contributed by atoms with Gasteiger partial charge in [0.25, 0.3) is 0 Å². The van der Waals surface area contributed by atoms with Crippen LogP contribution in [0.2, 0.25) is 0 Å². The lowest BCUT2D eigenvalue weighted by Crippen LogP contribution is -2.63. The molecule has 1 rings (SSSR count). The van der Waals surface area contributed by atoms with Gasteiger partial charge in [-0.1, -0.05) is 27.7 Å². The first-order chi connectivity index (χ1) is 27.5. The van der Waals surface area contributed by atoms with Gasteiger partial charge in [0.2, 0.25) is 41.4 Å². The lowest BCUT2D eigenvalue weighted by atomic mass is 10.0. The molecule has 1 saturated heterocycles. The van der Waals surface area contributed by atoms with Crippen LogP contribution in [0.5, 0.6) is 0 Å². The highest BCUT2D eigenvalue weighted by Crippen LogP contribution is 2.20. The van der Waals surface area contributed by atoms with Gasteiger partial charge in [-0.05, 0) is 51.4 Å². The van der Waals surface area contributed by atoms with E-state index in [1.54, 1.807) is 13.8 Å². The number of nitrogens with two attached hydrogens (primary N) is 3. The highest BCUT2D eigenvalue weighted by molar-refractivity contribution is 5.98. The number of carboxylic acid groups (broad SMARTS) is 1. The van der Waals surface area contributed by atoms with Crippen molar-refractivity contribution in [3.63, 3.8) is 0 Å². The van der Waals surface area contributed by atoms with Gasteiger partial charge >= 0.3 is 5.97 Å². The van der Waals surface area contributed by atoms with Crippen molar-refractivity contribution in [1.29, 1.82) is 0 Å². The van der Waals surface area contributed by atoms with E-state index >= 15 is 0 Å². The summed E-state index contributed by atoms with van der Waals surface area (Å²) in [6, 6.07) is -11.7. The van der Waals surface area contributed by atoms with Gasteiger partial charge < -0.3 is 79.5 Å². The molecule has 0 bridgehead atoms. The molecule has 0 aliphatic carbocycles. The van der Waals surface area contributed by atoms with Gasteiger partial charge in [-0.15, -0.1) is 0 Å². The number of hydrogen-bond donors (Lipinski definition) is 14. The Labute approximate surface area is 341 Å². The summed E-state index contributed by atoms with van der Waals surface area (Å²) >= 11 is 0. The zero-order valence-corrected chi connectivity index (χ0v) is 34.2. The van der Waals surface area contributed by atoms with Gasteiger partial charge in [0, 0.05) is 13.1 Å². The second-order valence-electron chi connectivity index (χ2n) is 15.0. The van der Waals surface area contributed by atoms with Crippen LogP contribution in [0, 0.1) is 11.8 Å². The van der Waals surface area contributed by atoms with E-state index in [2.05, 4.69) is 36.9 Å². The van der Waals surface area contributed by atoms with Crippen LogP contribution in [0.15, 0.2) is 4.99 Å². The number of aliphatic imine (C=N–C) groups is 1. The molecule has 0 spiro atoms. The van der Waals surface area contributed by atoms with Crippen LogP contribution in [0.25, 0.3) is 0 Å². The number of carboxylic acids is 1. The van der Waals surface area contributed by atoms with Crippen molar-refractivity contribution in [2.45, 2.75) is 128 Å². The Hall–Kier alpha value is -5.17. The molecular formula is C35H63N11O13. The number of rotatable bonds is 24. The standard InChI is InChI=1S/C35H63N11O13/c1-15(2)23(36)33(57)46-12-8-10-22(46)30(54)40-19(9-7-11-39-35(37)38)27(51)41-20(13-47)29(53)44-25(17(5)49)32(56)42-21(14-48)28(52)43-24(16(3)4)31(55)45-26(18(6)50)34(58)59/h15-26,47-50H,7-14,36H2,1-6H3,(H,40,54)(H,41,51)(H,42,56)(H,43,52)(H,44,53)(H,45,55)(H,58,59)(H4,37,38,39)/t17-,18-,19+,20+,21+,22+,23+,24+,25+,26+/m1/s1. The molecule has 24 heteroatoms. The monoisotopic (exact) mass is 845 g/mol. The zero-order valence-electron chi connectivity index (χ0n) is 34.2. The minimum atomic E-state index is -1.85. The van der Waals surface area contributed by atoms with E-state index in [1.807, 2.05) is 0 Å². The molecule has 0 aromatic carbocycles. The van der Waals surface area contributed by atoms with Crippen molar-refractivity contribution in [3.8, 4) is 0 Å². The number of guanidine groups is 1. The molecule has 17 N–H and O–H groups in total. The van der Waals surface area contributed by atoms with E-state index in [0.717, 1.165) is 13.8 Å². The summed E-state index contributed by atoms with van der Waals surface area (Å²) in [5, 5.41) is 63.0. The lowest BCUT2D eigenvalue weighted by Gasteiger charge is -2.30. The summed E-state index contributed by atoms with van der Waals surface area (Å²) in [5.74, 6) is -9.19. The second kappa shape index (κ2) is 24.7. The molecule has 0 saturated carbocycles. The molecule has 1 aliphatic heterocycles. The minimum Gasteiger partial charge on any atom is -0.480 e. The molecule has 24 nitrogen and oxygen atoms in total. The van der Waals surface area contributed by atoms with Crippen LogP contribution in [-0.4, -0.2) is 171 Å². The lowest BCUT2D eigenvalue weighted by molar-refractivity contribution is -0.145. The van der Waals surface area contributed by atoms with Crippen LogP contribution in [0.1, 0.15) is 67.2 Å². The number of carbonyl (C=O) groups is 8. The molecule has 1 aliphatic rings. The van der Waals surface area contributed by atoms with Crippen LogP contribution in [-0.2, 0) is 38.4 Å². The van der Waals surface area contributed by atoms with Gasteiger partial charge in [-0.25, -0.2) is 4.79 Å². The number of likely N-dealkylation sites (tertiary alicyclic amines) is 1. The predicted octanol–water partition coefficient (Wildman–Crippen LogP) is -6.59. The van der Waals surface area contributed by atoms with Crippen molar-refractivity contribution in [2.24, 2.45) is 34.0 Å². The van der Waals surface area contributed by atoms with E-state index in [1.165, 1.54) is 18.7 Å². The van der Waals surface area contributed by atoms with Crippen molar-refractivity contribution < 1.29 is 63.9 Å². The van der Waals surface area contributed by atoms with Crippen molar-refractivity contribution >= 4 is 53.3 Å². The van der Waals surface area contributed by atoms with Crippen molar-refractivity contribution in [3.05, 3.63) is 0 Å². The van der Waals surface area contributed by atoms with Crippen LogP contribution in [0.4, 0.5) is 0 Å². The Kier molecular flexibility index (Phi) is 21.7. The number of nitrogens with one attached hydrogen (secondary N) is 6. The number of carbonyl (C=O) groups excluding carboxylic acids is 7. The molecule has 10 atom stereocenters.